The third kappa shape index (κ3) is 5.06. The van der Waals surface area contributed by atoms with E-state index in [2.05, 4.69) is 15.1 Å². The van der Waals surface area contributed by atoms with E-state index in [9.17, 15) is 14.0 Å². The summed E-state index contributed by atoms with van der Waals surface area (Å²) in [7, 11) is 1.64. The smallest absolute Gasteiger partial charge is 0.244 e. The zero-order valence-electron chi connectivity index (χ0n) is 16.4. The van der Waals surface area contributed by atoms with Crippen LogP contribution in [-0.4, -0.2) is 87.2 Å². The highest BCUT2D eigenvalue weighted by Crippen LogP contribution is 2.27. The molecule has 28 heavy (non-hydrogen) atoms. The van der Waals surface area contributed by atoms with Crippen molar-refractivity contribution in [3.05, 3.63) is 30.1 Å². The van der Waals surface area contributed by atoms with E-state index in [1.807, 2.05) is 0 Å². The molecule has 8 heteroatoms. The number of rotatable bonds is 8. The van der Waals surface area contributed by atoms with Gasteiger partial charge in [-0.05, 0) is 25.0 Å². The largest absolute Gasteiger partial charge is 0.385 e. The second kappa shape index (κ2) is 9.95. The SMILES string of the molecule is COCCCNC(=O)CN1CCN(C2CCN(c3ccccc3F)C2=O)CC1. The predicted molar refractivity (Wildman–Crippen MR) is 105 cm³/mol. The number of ether oxygens (including phenoxy) is 1. The highest BCUT2D eigenvalue weighted by Gasteiger charge is 2.38. The van der Waals surface area contributed by atoms with Crippen LogP contribution in [-0.2, 0) is 14.3 Å². The number of carbonyl (C=O) groups is 2. The maximum atomic E-state index is 14.0. The number of anilines is 1. The van der Waals surface area contributed by atoms with Gasteiger partial charge >= 0.3 is 0 Å². The van der Waals surface area contributed by atoms with Crippen LogP contribution in [0.3, 0.4) is 0 Å². The van der Waals surface area contributed by atoms with Crippen molar-refractivity contribution in [2.24, 2.45) is 0 Å². The Kier molecular flexibility index (Phi) is 7.36. The lowest BCUT2D eigenvalue weighted by Crippen LogP contribution is -2.54. The molecule has 1 aromatic rings. The number of methoxy groups -OCH3 is 1. The number of piperazine rings is 1. The van der Waals surface area contributed by atoms with Crippen LogP contribution in [0.15, 0.2) is 24.3 Å². The van der Waals surface area contributed by atoms with Crippen LogP contribution in [0, 0.1) is 5.82 Å². The first-order valence-corrected chi connectivity index (χ1v) is 9.88. The molecule has 0 aliphatic carbocycles. The van der Waals surface area contributed by atoms with Gasteiger partial charge in [0.1, 0.15) is 5.82 Å². The molecule has 2 fully saturated rings. The molecule has 0 bridgehead atoms. The predicted octanol–water partition coefficient (Wildman–Crippen LogP) is 0.701. The Morgan fingerprint density at radius 2 is 1.96 bits per heavy atom. The van der Waals surface area contributed by atoms with Crippen LogP contribution in [0.4, 0.5) is 10.1 Å². The summed E-state index contributed by atoms with van der Waals surface area (Å²) in [5, 5.41) is 2.90. The van der Waals surface area contributed by atoms with E-state index in [1.165, 1.54) is 6.07 Å². The Morgan fingerprint density at radius 3 is 2.68 bits per heavy atom. The fourth-order valence-corrected chi connectivity index (χ4v) is 3.85. The molecule has 1 N–H and O–H groups in total. The van der Waals surface area contributed by atoms with Crippen molar-refractivity contribution < 1.29 is 18.7 Å². The number of carbonyl (C=O) groups excluding carboxylic acids is 2. The van der Waals surface area contributed by atoms with Gasteiger partial charge in [0, 0.05) is 53.0 Å². The van der Waals surface area contributed by atoms with Gasteiger partial charge in [0.2, 0.25) is 11.8 Å². The van der Waals surface area contributed by atoms with Gasteiger partial charge in [-0.2, -0.15) is 0 Å². The number of benzene rings is 1. The normalized spacial score (nSPS) is 21.3. The van der Waals surface area contributed by atoms with Gasteiger partial charge in [-0.3, -0.25) is 19.4 Å². The zero-order chi connectivity index (χ0) is 19.9. The van der Waals surface area contributed by atoms with E-state index >= 15 is 0 Å². The maximum absolute atomic E-state index is 14.0. The summed E-state index contributed by atoms with van der Waals surface area (Å²) in [5.41, 5.74) is 0.360. The number of amides is 2. The standard InChI is InChI=1S/C20H29FN4O3/c1-28-14-4-8-22-19(26)15-23-10-12-24(13-11-23)18-7-9-25(20(18)27)17-6-3-2-5-16(17)21/h2-3,5-6,18H,4,7-15H2,1H3,(H,22,26). The molecule has 1 atom stereocenters. The van der Waals surface area contributed by atoms with E-state index < -0.39 is 0 Å². The summed E-state index contributed by atoms with van der Waals surface area (Å²) in [4.78, 5) is 30.6. The third-order valence-electron chi connectivity index (χ3n) is 5.38. The Hall–Kier alpha value is -2.03. The van der Waals surface area contributed by atoms with Crippen molar-refractivity contribution in [2.45, 2.75) is 18.9 Å². The lowest BCUT2D eigenvalue weighted by Gasteiger charge is -2.36. The number of hydrogen-bond acceptors (Lipinski definition) is 5. The van der Waals surface area contributed by atoms with Crippen molar-refractivity contribution in [1.29, 1.82) is 0 Å². The van der Waals surface area contributed by atoms with Gasteiger partial charge in [0.25, 0.3) is 0 Å². The number of nitrogens with zero attached hydrogens (tertiary/aromatic N) is 3. The fourth-order valence-electron chi connectivity index (χ4n) is 3.85. The molecule has 2 amide bonds. The van der Waals surface area contributed by atoms with Gasteiger partial charge in [0.15, 0.2) is 0 Å². The molecular weight excluding hydrogens is 363 g/mol. The lowest BCUT2D eigenvalue weighted by atomic mass is 10.2. The van der Waals surface area contributed by atoms with Gasteiger partial charge in [-0.1, -0.05) is 12.1 Å². The van der Waals surface area contributed by atoms with E-state index in [-0.39, 0.29) is 23.7 Å². The molecule has 0 aromatic heterocycles. The van der Waals surface area contributed by atoms with Gasteiger partial charge in [-0.25, -0.2) is 4.39 Å². The monoisotopic (exact) mass is 392 g/mol. The maximum Gasteiger partial charge on any atom is 0.244 e. The molecule has 1 unspecified atom stereocenters. The molecule has 2 saturated heterocycles. The number of hydrogen-bond donors (Lipinski definition) is 1. The van der Waals surface area contributed by atoms with E-state index in [0.717, 1.165) is 32.6 Å². The highest BCUT2D eigenvalue weighted by molar-refractivity contribution is 5.99. The van der Waals surface area contributed by atoms with Crippen molar-refractivity contribution >= 4 is 17.5 Å². The second-order valence-electron chi connectivity index (χ2n) is 7.25. The van der Waals surface area contributed by atoms with Gasteiger partial charge < -0.3 is 15.0 Å². The number of halogens is 1. The Bertz CT molecular complexity index is 679. The summed E-state index contributed by atoms with van der Waals surface area (Å²) < 4.78 is 19.0. The molecule has 0 radical (unpaired) electrons. The van der Waals surface area contributed by atoms with Crippen LogP contribution in [0.25, 0.3) is 0 Å². The van der Waals surface area contributed by atoms with Crippen LogP contribution in [0.1, 0.15) is 12.8 Å². The summed E-state index contributed by atoms with van der Waals surface area (Å²) in [6.07, 6.45) is 1.51. The van der Waals surface area contributed by atoms with Crippen molar-refractivity contribution in [2.75, 3.05) is 64.4 Å². The summed E-state index contributed by atoms with van der Waals surface area (Å²) in [6.45, 7) is 5.13. The highest BCUT2D eigenvalue weighted by atomic mass is 19.1. The summed E-state index contributed by atoms with van der Waals surface area (Å²) in [5.74, 6) is -0.375. The van der Waals surface area contributed by atoms with Crippen molar-refractivity contribution in [3.8, 4) is 0 Å². The quantitative estimate of drug-likeness (QED) is 0.660. The second-order valence-corrected chi connectivity index (χ2v) is 7.25. The van der Waals surface area contributed by atoms with Crippen molar-refractivity contribution in [1.82, 2.24) is 15.1 Å². The average molecular weight is 392 g/mol. The first-order valence-electron chi connectivity index (χ1n) is 9.88. The van der Waals surface area contributed by atoms with Crippen molar-refractivity contribution in [3.63, 3.8) is 0 Å². The molecule has 1 aromatic carbocycles. The van der Waals surface area contributed by atoms with Gasteiger partial charge in [-0.15, -0.1) is 0 Å². The van der Waals surface area contributed by atoms with Crippen LogP contribution < -0.4 is 10.2 Å². The Balaban J connectivity index is 1.45. The minimum atomic E-state index is -0.363. The molecule has 0 spiro atoms. The third-order valence-corrected chi connectivity index (χ3v) is 5.38. The molecule has 2 aliphatic rings. The molecule has 2 heterocycles. The van der Waals surface area contributed by atoms with E-state index in [1.54, 1.807) is 30.2 Å². The van der Waals surface area contributed by atoms with Crippen LogP contribution in [0.5, 0.6) is 0 Å². The average Bonchev–Trinajstić information content (AvgIpc) is 3.07. The summed E-state index contributed by atoms with van der Waals surface area (Å²) >= 11 is 0. The first kappa shape index (κ1) is 20.7. The number of nitrogens with one attached hydrogen (secondary N) is 1. The minimum absolute atomic E-state index is 0.0206. The molecule has 3 rings (SSSR count). The minimum Gasteiger partial charge on any atom is -0.385 e. The van der Waals surface area contributed by atoms with Crippen LogP contribution >= 0.6 is 0 Å². The Labute approximate surface area is 165 Å². The van der Waals surface area contributed by atoms with E-state index in [0.29, 0.717) is 38.3 Å². The van der Waals surface area contributed by atoms with E-state index in [4.69, 9.17) is 4.74 Å². The summed E-state index contributed by atoms with van der Waals surface area (Å²) in [6, 6.07) is 6.21. The molecule has 2 aliphatic heterocycles. The lowest BCUT2D eigenvalue weighted by molar-refractivity contribution is -0.125. The van der Waals surface area contributed by atoms with Gasteiger partial charge in [0.05, 0.1) is 18.3 Å². The Morgan fingerprint density at radius 1 is 1.21 bits per heavy atom. The molecular formula is C20H29FN4O3. The zero-order valence-corrected chi connectivity index (χ0v) is 16.4. The molecule has 0 saturated carbocycles. The first-order chi connectivity index (χ1) is 13.6. The topological polar surface area (TPSA) is 65.1 Å². The van der Waals surface area contributed by atoms with Crippen LogP contribution in [0.2, 0.25) is 0 Å². The molecule has 7 nitrogen and oxygen atoms in total. The number of para-hydroxylation sites is 1. The molecule has 154 valence electrons. The fraction of sp³-hybridized carbons (Fsp3) is 0.600.